The first-order valence-electron chi connectivity index (χ1n) is 6.15. The maximum absolute atomic E-state index is 8.61. The average molecular weight is 238 g/mol. The van der Waals surface area contributed by atoms with Crippen LogP contribution in [0.4, 0.5) is 0 Å². The first-order chi connectivity index (χ1) is 8.31. The van der Waals surface area contributed by atoms with E-state index in [9.17, 15) is 0 Å². The van der Waals surface area contributed by atoms with Crippen LogP contribution in [0.25, 0.3) is 0 Å². The molecule has 0 amide bonds. The van der Waals surface area contributed by atoms with Crippen LogP contribution in [0.2, 0.25) is 0 Å². The summed E-state index contributed by atoms with van der Waals surface area (Å²) >= 11 is 0. The third-order valence-corrected chi connectivity index (χ3v) is 3.30. The molecule has 0 saturated heterocycles. The number of aryl methyl sites for hydroxylation is 1. The fraction of sp³-hybridized carbons (Fsp3) is 0.667. The highest BCUT2D eigenvalue weighted by Gasteiger charge is 2.17. The molecule has 2 rings (SSSR count). The van der Waals surface area contributed by atoms with Gasteiger partial charge in [0.1, 0.15) is 12.4 Å². The van der Waals surface area contributed by atoms with Gasteiger partial charge in [-0.1, -0.05) is 24.4 Å². The molecular formula is C12H20N3O2+. The van der Waals surface area contributed by atoms with Gasteiger partial charge in [-0.15, -0.1) is 0 Å². The SMILES string of the molecule is C[n+]1ccn(COC2CCCCC2)c1/C=N/O. The van der Waals surface area contributed by atoms with E-state index in [0.717, 1.165) is 18.7 Å². The van der Waals surface area contributed by atoms with E-state index in [1.807, 2.05) is 28.6 Å². The van der Waals surface area contributed by atoms with E-state index in [2.05, 4.69) is 5.16 Å². The first-order valence-corrected chi connectivity index (χ1v) is 6.15. The van der Waals surface area contributed by atoms with E-state index in [4.69, 9.17) is 9.94 Å². The molecule has 17 heavy (non-hydrogen) atoms. The Hall–Kier alpha value is -1.36. The summed E-state index contributed by atoms with van der Waals surface area (Å²) in [7, 11) is 1.91. The topological polar surface area (TPSA) is 50.6 Å². The number of nitrogens with zero attached hydrogens (tertiary/aromatic N) is 3. The molecule has 0 radical (unpaired) electrons. The van der Waals surface area contributed by atoms with Crippen molar-refractivity contribution < 1.29 is 14.5 Å². The molecule has 1 fully saturated rings. The Balaban J connectivity index is 1.93. The minimum absolute atomic E-state index is 0.385. The Morgan fingerprint density at radius 3 is 3.00 bits per heavy atom. The third kappa shape index (κ3) is 3.06. The molecule has 1 aliphatic rings. The summed E-state index contributed by atoms with van der Waals surface area (Å²) < 4.78 is 9.71. The Bertz CT molecular complexity index is 381. The molecule has 0 atom stereocenters. The molecule has 0 spiro atoms. The summed E-state index contributed by atoms with van der Waals surface area (Å²) in [5.74, 6) is 0.823. The zero-order valence-electron chi connectivity index (χ0n) is 10.2. The van der Waals surface area contributed by atoms with Crippen LogP contribution in [0.15, 0.2) is 17.5 Å². The summed E-state index contributed by atoms with van der Waals surface area (Å²) in [6, 6.07) is 0. The molecule has 94 valence electrons. The third-order valence-electron chi connectivity index (χ3n) is 3.30. The van der Waals surface area contributed by atoms with Crippen molar-refractivity contribution in [3.63, 3.8) is 0 Å². The Labute approximate surface area is 101 Å². The number of rotatable bonds is 4. The lowest BCUT2D eigenvalue weighted by Crippen LogP contribution is -2.32. The van der Waals surface area contributed by atoms with Crippen LogP contribution >= 0.6 is 0 Å². The molecule has 5 heteroatoms. The second kappa shape index (κ2) is 5.82. The number of ether oxygens (including phenoxy) is 1. The summed E-state index contributed by atoms with van der Waals surface area (Å²) in [5, 5.41) is 11.7. The molecule has 1 aromatic heterocycles. The number of hydrogen-bond acceptors (Lipinski definition) is 3. The second-order valence-electron chi connectivity index (χ2n) is 4.54. The van der Waals surface area contributed by atoms with Crippen LogP contribution in [-0.4, -0.2) is 22.1 Å². The number of aromatic nitrogens is 2. The Morgan fingerprint density at radius 1 is 1.53 bits per heavy atom. The smallest absolute Gasteiger partial charge is 0.305 e. The summed E-state index contributed by atoms with van der Waals surface area (Å²) in [6.07, 6.45) is 11.9. The standard InChI is InChI=1S/C12H19N3O2/c1-14-7-8-15(12(14)9-13-16)10-17-11-5-3-2-4-6-11/h7-9,11H,2-6,10H2,1H3/p+1. The molecule has 1 aromatic rings. The minimum Gasteiger partial charge on any atom is -0.411 e. The molecule has 1 heterocycles. The van der Waals surface area contributed by atoms with E-state index in [0.29, 0.717) is 12.8 Å². The Kier molecular flexibility index (Phi) is 4.14. The van der Waals surface area contributed by atoms with E-state index >= 15 is 0 Å². The first kappa shape index (κ1) is 12.1. The molecule has 0 bridgehead atoms. The fourth-order valence-electron chi connectivity index (χ4n) is 2.28. The van der Waals surface area contributed by atoms with Gasteiger partial charge in [-0.2, -0.15) is 0 Å². The second-order valence-corrected chi connectivity index (χ2v) is 4.54. The molecule has 0 aromatic carbocycles. The van der Waals surface area contributed by atoms with E-state index in [-0.39, 0.29) is 0 Å². The van der Waals surface area contributed by atoms with Crippen LogP contribution in [-0.2, 0) is 18.5 Å². The zero-order valence-corrected chi connectivity index (χ0v) is 10.2. The monoisotopic (exact) mass is 238 g/mol. The van der Waals surface area contributed by atoms with E-state index < -0.39 is 0 Å². The lowest BCUT2D eigenvalue weighted by atomic mass is 9.98. The van der Waals surface area contributed by atoms with Crippen molar-refractivity contribution in [3.8, 4) is 0 Å². The number of hydrogen-bond donors (Lipinski definition) is 1. The number of oxime groups is 1. The molecule has 0 unspecified atom stereocenters. The van der Waals surface area contributed by atoms with Gasteiger partial charge in [0, 0.05) is 0 Å². The van der Waals surface area contributed by atoms with Crippen LogP contribution in [0.1, 0.15) is 37.9 Å². The maximum atomic E-state index is 8.61. The predicted molar refractivity (Wildman–Crippen MR) is 62.9 cm³/mol. The molecule has 5 nitrogen and oxygen atoms in total. The quantitative estimate of drug-likeness (QED) is 0.373. The van der Waals surface area contributed by atoms with Crippen molar-refractivity contribution >= 4 is 6.21 Å². The maximum Gasteiger partial charge on any atom is 0.305 e. The van der Waals surface area contributed by atoms with Gasteiger partial charge >= 0.3 is 5.82 Å². The van der Waals surface area contributed by atoms with Gasteiger partial charge < -0.3 is 9.94 Å². The molecule has 1 saturated carbocycles. The van der Waals surface area contributed by atoms with Gasteiger partial charge in [0.15, 0.2) is 12.9 Å². The van der Waals surface area contributed by atoms with Crippen molar-refractivity contribution in [3.05, 3.63) is 18.2 Å². The largest absolute Gasteiger partial charge is 0.411 e. The molecule has 1 aliphatic carbocycles. The highest BCUT2D eigenvalue weighted by Crippen LogP contribution is 2.20. The van der Waals surface area contributed by atoms with Crippen LogP contribution in [0.3, 0.4) is 0 Å². The molecule has 0 aliphatic heterocycles. The van der Waals surface area contributed by atoms with Gasteiger partial charge in [-0.05, 0) is 12.8 Å². The van der Waals surface area contributed by atoms with Crippen LogP contribution in [0.5, 0.6) is 0 Å². The van der Waals surface area contributed by atoms with E-state index in [1.165, 1.54) is 25.5 Å². The van der Waals surface area contributed by atoms with Gasteiger partial charge in [0.05, 0.1) is 13.2 Å². The summed E-state index contributed by atoms with van der Waals surface area (Å²) in [4.78, 5) is 0. The molecule has 1 N–H and O–H groups in total. The van der Waals surface area contributed by atoms with Crippen LogP contribution < -0.4 is 4.57 Å². The summed E-state index contributed by atoms with van der Waals surface area (Å²) in [6.45, 7) is 0.521. The normalized spacial score (nSPS) is 17.9. The minimum atomic E-state index is 0.385. The van der Waals surface area contributed by atoms with Gasteiger partial charge in [-0.3, -0.25) is 0 Å². The van der Waals surface area contributed by atoms with Crippen molar-refractivity contribution in [2.45, 2.75) is 44.9 Å². The summed E-state index contributed by atoms with van der Waals surface area (Å²) in [5.41, 5.74) is 0. The number of imidazole rings is 1. The van der Waals surface area contributed by atoms with Crippen molar-refractivity contribution in [1.82, 2.24) is 4.57 Å². The fourth-order valence-corrected chi connectivity index (χ4v) is 2.28. The highest BCUT2D eigenvalue weighted by atomic mass is 16.5. The van der Waals surface area contributed by atoms with Crippen molar-refractivity contribution in [2.24, 2.45) is 12.2 Å². The lowest BCUT2D eigenvalue weighted by Gasteiger charge is -2.20. The van der Waals surface area contributed by atoms with Crippen LogP contribution in [0, 0.1) is 0 Å². The zero-order chi connectivity index (χ0) is 12.1. The van der Waals surface area contributed by atoms with Crippen molar-refractivity contribution in [1.29, 1.82) is 0 Å². The lowest BCUT2D eigenvalue weighted by molar-refractivity contribution is -0.672. The molecular weight excluding hydrogens is 218 g/mol. The predicted octanol–water partition coefficient (Wildman–Crippen LogP) is 1.43. The average Bonchev–Trinajstić information content (AvgIpc) is 2.70. The van der Waals surface area contributed by atoms with E-state index in [1.54, 1.807) is 0 Å². The van der Waals surface area contributed by atoms with Crippen molar-refractivity contribution in [2.75, 3.05) is 0 Å². The highest BCUT2D eigenvalue weighted by molar-refractivity contribution is 5.72. The van der Waals surface area contributed by atoms with Gasteiger partial charge in [-0.25, -0.2) is 9.13 Å². The van der Waals surface area contributed by atoms with Gasteiger partial charge in [0.2, 0.25) is 0 Å². The Morgan fingerprint density at radius 2 is 2.29 bits per heavy atom. The van der Waals surface area contributed by atoms with Gasteiger partial charge in [0.25, 0.3) is 0 Å².